The summed E-state index contributed by atoms with van der Waals surface area (Å²) >= 11 is 0. The van der Waals surface area contributed by atoms with Crippen LogP contribution in [0, 0.1) is 0 Å². The summed E-state index contributed by atoms with van der Waals surface area (Å²) in [6.45, 7) is 0. The second-order valence-corrected chi connectivity index (χ2v) is 9.08. The minimum absolute atomic E-state index is 0.368. The Bertz CT molecular complexity index is 558. The van der Waals surface area contributed by atoms with E-state index in [0.717, 1.165) is 18.2 Å². The van der Waals surface area contributed by atoms with Crippen molar-refractivity contribution in [1.29, 1.82) is 0 Å². The second-order valence-electron chi connectivity index (χ2n) is 9.08. The number of carboxylic acids is 3. The lowest BCUT2D eigenvalue weighted by atomic mass is 10.0. The standard InChI is InChI=1S/C9H6O6.3C6H12/c10-7(11)4-1-5(8(12)13)3-6(2-4)9(14)15;3*1-2-4-6-5-3-1/h1-3H,(H,10,11)(H,12,13)(H,14,15);3*1-6H2. The first-order chi connectivity index (χ1) is 15.9. The van der Waals surface area contributed by atoms with Gasteiger partial charge < -0.3 is 15.3 Å². The van der Waals surface area contributed by atoms with Crippen molar-refractivity contribution in [3.8, 4) is 0 Å². The highest BCUT2D eigenvalue weighted by Gasteiger charge is 2.14. The van der Waals surface area contributed by atoms with Crippen molar-refractivity contribution in [1.82, 2.24) is 0 Å². The lowest BCUT2D eigenvalue weighted by molar-refractivity contribution is 0.0696. The molecule has 0 spiro atoms. The molecule has 4 rings (SSSR count). The van der Waals surface area contributed by atoms with Gasteiger partial charge in [0.2, 0.25) is 0 Å². The molecule has 186 valence electrons. The molecule has 1 aromatic rings. The Morgan fingerprint density at radius 3 is 0.576 bits per heavy atom. The highest BCUT2D eigenvalue weighted by Crippen LogP contribution is 2.16. The van der Waals surface area contributed by atoms with Crippen molar-refractivity contribution in [2.75, 3.05) is 0 Å². The SMILES string of the molecule is C1CCCCC1.C1CCCCC1.C1CCCCC1.O=C(O)c1cc(C(=O)O)cc(C(=O)O)c1. The molecule has 3 saturated carbocycles. The van der Waals surface area contributed by atoms with Crippen molar-refractivity contribution >= 4 is 17.9 Å². The van der Waals surface area contributed by atoms with E-state index in [1.54, 1.807) is 0 Å². The zero-order valence-electron chi connectivity index (χ0n) is 20.0. The molecule has 0 heterocycles. The quantitative estimate of drug-likeness (QED) is 0.422. The second kappa shape index (κ2) is 18.1. The van der Waals surface area contributed by atoms with Crippen LogP contribution in [0.4, 0.5) is 0 Å². The molecule has 3 aliphatic rings. The van der Waals surface area contributed by atoms with E-state index in [1.807, 2.05) is 0 Å². The molecule has 0 saturated heterocycles. The van der Waals surface area contributed by atoms with Crippen LogP contribution in [-0.2, 0) is 0 Å². The molecule has 1 aromatic carbocycles. The van der Waals surface area contributed by atoms with Gasteiger partial charge in [0.25, 0.3) is 0 Å². The fourth-order valence-electron chi connectivity index (χ4n) is 4.18. The molecule has 6 nitrogen and oxygen atoms in total. The number of carboxylic acid groups (broad SMARTS) is 3. The summed E-state index contributed by atoms with van der Waals surface area (Å²) in [6, 6.07) is 2.70. The van der Waals surface area contributed by atoms with Gasteiger partial charge >= 0.3 is 17.9 Å². The molecular weight excluding hydrogens is 420 g/mol. The average molecular weight is 463 g/mol. The molecule has 3 fully saturated rings. The van der Waals surface area contributed by atoms with Gasteiger partial charge in [-0.05, 0) is 18.2 Å². The smallest absolute Gasteiger partial charge is 0.335 e. The van der Waals surface area contributed by atoms with E-state index < -0.39 is 17.9 Å². The fraction of sp³-hybridized carbons (Fsp3) is 0.667. The van der Waals surface area contributed by atoms with Crippen molar-refractivity contribution in [2.45, 2.75) is 116 Å². The predicted octanol–water partition coefficient (Wildman–Crippen LogP) is 7.80. The summed E-state index contributed by atoms with van der Waals surface area (Å²) in [5.74, 6) is -4.12. The van der Waals surface area contributed by atoms with Gasteiger partial charge in [0.1, 0.15) is 0 Å². The van der Waals surface area contributed by atoms with Gasteiger partial charge in [0.15, 0.2) is 0 Å². The fourth-order valence-corrected chi connectivity index (χ4v) is 4.18. The Labute approximate surface area is 198 Å². The molecule has 6 heteroatoms. The van der Waals surface area contributed by atoms with Crippen molar-refractivity contribution in [3.05, 3.63) is 34.9 Å². The van der Waals surface area contributed by atoms with E-state index in [9.17, 15) is 14.4 Å². The van der Waals surface area contributed by atoms with Crippen molar-refractivity contribution in [3.63, 3.8) is 0 Å². The number of benzene rings is 1. The number of aromatic carboxylic acids is 3. The lowest BCUT2D eigenvalue weighted by Crippen LogP contribution is -2.07. The number of rotatable bonds is 3. The summed E-state index contributed by atoms with van der Waals surface area (Å²) in [5.41, 5.74) is -1.10. The monoisotopic (exact) mass is 462 g/mol. The minimum atomic E-state index is -1.37. The van der Waals surface area contributed by atoms with Gasteiger partial charge in [-0.25, -0.2) is 14.4 Å². The topological polar surface area (TPSA) is 112 Å². The van der Waals surface area contributed by atoms with Crippen LogP contribution in [0.2, 0.25) is 0 Å². The number of carbonyl (C=O) groups is 3. The largest absolute Gasteiger partial charge is 0.478 e. The van der Waals surface area contributed by atoms with Crippen molar-refractivity contribution in [2.24, 2.45) is 0 Å². The van der Waals surface area contributed by atoms with Crippen LogP contribution in [0.1, 0.15) is 147 Å². The Balaban J connectivity index is 0.000000247. The van der Waals surface area contributed by atoms with Crippen LogP contribution in [0.3, 0.4) is 0 Å². The van der Waals surface area contributed by atoms with Crippen LogP contribution in [-0.4, -0.2) is 33.2 Å². The zero-order valence-corrected chi connectivity index (χ0v) is 20.0. The summed E-state index contributed by atoms with van der Waals surface area (Å²) in [6.07, 6.45) is 27.0. The highest BCUT2D eigenvalue weighted by atomic mass is 16.4. The van der Waals surface area contributed by atoms with Gasteiger partial charge in [0, 0.05) is 0 Å². The van der Waals surface area contributed by atoms with E-state index in [4.69, 9.17) is 15.3 Å². The maximum atomic E-state index is 10.6. The molecule has 0 amide bonds. The van der Waals surface area contributed by atoms with Gasteiger partial charge in [-0.3, -0.25) is 0 Å². The first kappa shape index (κ1) is 28.7. The Morgan fingerprint density at radius 1 is 0.364 bits per heavy atom. The van der Waals surface area contributed by atoms with Crippen molar-refractivity contribution < 1.29 is 29.7 Å². The third-order valence-electron chi connectivity index (χ3n) is 6.17. The van der Waals surface area contributed by atoms with E-state index >= 15 is 0 Å². The molecule has 0 aliphatic heterocycles. The van der Waals surface area contributed by atoms with Crippen LogP contribution < -0.4 is 0 Å². The van der Waals surface area contributed by atoms with Gasteiger partial charge in [-0.2, -0.15) is 0 Å². The number of hydrogen-bond donors (Lipinski definition) is 3. The van der Waals surface area contributed by atoms with Gasteiger partial charge in [0.05, 0.1) is 16.7 Å². The summed E-state index contributed by atoms with van der Waals surface area (Å²) in [7, 11) is 0. The summed E-state index contributed by atoms with van der Waals surface area (Å²) in [5, 5.41) is 25.8. The van der Waals surface area contributed by atoms with Crippen LogP contribution in [0.15, 0.2) is 18.2 Å². The molecule has 33 heavy (non-hydrogen) atoms. The number of hydrogen-bond acceptors (Lipinski definition) is 3. The average Bonchev–Trinajstić information content (AvgIpc) is 2.88. The molecule has 0 unspecified atom stereocenters. The third-order valence-corrected chi connectivity index (χ3v) is 6.17. The molecule has 3 N–H and O–H groups in total. The molecular formula is C27H42O6. The van der Waals surface area contributed by atoms with Gasteiger partial charge in [-0.15, -0.1) is 0 Å². The Morgan fingerprint density at radius 2 is 0.485 bits per heavy atom. The molecule has 0 bridgehead atoms. The third kappa shape index (κ3) is 14.4. The maximum Gasteiger partial charge on any atom is 0.335 e. The Hall–Kier alpha value is -2.37. The molecule has 0 radical (unpaired) electrons. The minimum Gasteiger partial charge on any atom is -0.478 e. The molecule has 0 aromatic heterocycles. The van der Waals surface area contributed by atoms with Crippen LogP contribution in [0.25, 0.3) is 0 Å². The normalized spacial score (nSPS) is 17.5. The van der Waals surface area contributed by atoms with Gasteiger partial charge in [-0.1, -0.05) is 116 Å². The van der Waals surface area contributed by atoms with E-state index in [1.165, 1.54) is 116 Å². The van der Waals surface area contributed by atoms with E-state index in [0.29, 0.717) is 0 Å². The Kier molecular flexibility index (Phi) is 15.7. The summed E-state index contributed by atoms with van der Waals surface area (Å²) < 4.78 is 0. The lowest BCUT2D eigenvalue weighted by Gasteiger charge is -2.05. The van der Waals surface area contributed by atoms with Crippen LogP contribution >= 0.6 is 0 Å². The van der Waals surface area contributed by atoms with Crippen LogP contribution in [0.5, 0.6) is 0 Å². The maximum absolute atomic E-state index is 10.6. The summed E-state index contributed by atoms with van der Waals surface area (Å²) in [4.78, 5) is 31.7. The van der Waals surface area contributed by atoms with E-state index in [-0.39, 0.29) is 16.7 Å². The first-order valence-electron chi connectivity index (χ1n) is 12.8. The zero-order chi connectivity index (χ0) is 24.3. The van der Waals surface area contributed by atoms with E-state index in [2.05, 4.69) is 0 Å². The highest BCUT2D eigenvalue weighted by molar-refractivity contribution is 5.98. The first-order valence-corrected chi connectivity index (χ1v) is 12.8. The predicted molar refractivity (Wildman–Crippen MR) is 130 cm³/mol. The molecule has 3 aliphatic carbocycles. The molecule has 0 atom stereocenters.